The van der Waals surface area contributed by atoms with Gasteiger partial charge in [0.05, 0.1) is 19.1 Å². The SMILES string of the molecule is CNC1COCC1C(=O)N1CCC(CCC(=O)O)C1. The van der Waals surface area contributed by atoms with Crippen LogP contribution in [0.4, 0.5) is 0 Å². The van der Waals surface area contributed by atoms with Gasteiger partial charge < -0.3 is 20.1 Å². The number of hydrogen-bond acceptors (Lipinski definition) is 4. The maximum Gasteiger partial charge on any atom is 0.303 e. The van der Waals surface area contributed by atoms with E-state index in [2.05, 4.69) is 5.32 Å². The van der Waals surface area contributed by atoms with Gasteiger partial charge in [-0.15, -0.1) is 0 Å². The molecule has 6 nitrogen and oxygen atoms in total. The van der Waals surface area contributed by atoms with E-state index < -0.39 is 5.97 Å². The monoisotopic (exact) mass is 270 g/mol. The number of carbonyl (C=O) groups excluding carboxylic acids is 1. The molecule has 0 saturated carbocycles. The third kappa shape index (κ3) is 3.45. The van der Waals surface area contributed by atoms with Crippen LogP contribution < -0.4 is 5.32 Å². The van der Waals surface area contributed by atoms with Gasteiger partial charge in [0.1, 0.15) is 0 Å². The Morgan fingerprint density at radius 2 is 2.21 bits per heavy atom. The first-order valence-electron chi connectivity index (χ1n) is 6.87. The van der Waals surface area contributed by atoms with Crippen LogP contribution in [0, 0.1) is 11.8 Å². The minimum atomic E-state index is -0.760. The zero-order valence-corrected chi connectivity index (χ0v) is 11.3. The fourth-order valence-corrected chi connectivity index (χ4v) is 2.91. The summed E-state index contributed by atoms with van der Waals surface area (Å²) in [6.07, 6.45) is 1.77. The van der Waals surface area contributed by atoms with Crippen molar-refractivity contribution in [2.45, 2.75) is 25.3 Å². The molecule has 2 fully saturated rings. The molecule has 19 heavy (non-hydrogen) atoms. The van der Waals surface area contributed by atoms with Gasteiger partial charge in [0.2, 0.25) is 5.91 Å². The number of hydrogen-bond donors (Lipinski definition) is 2. The van der Waals surface area contributed by atoms with Gasteiger partial charge in [0.25, 0.3) is 0 Å². The summed E-state index contributed by atoms with van der Waals surface area (Å²) >= 11 is 0. The Bertz CT molecular complexity index is 348. The molecule has 0 spiro atoms. The average molecular weight is 270 g/mol. The highest BCUT2D eigenvalue weighted by Crippen LogP contribution is 2.25. The summed E-state index contributed by atoms with van der Waals surface area (Å²) in [5.41, 5.74) is 0. The van der Waals surface area contributed by atoms with Crippen molar-refractivity contribution >= 4 is 11.9 Å². The molecule has 2 rings (SSSR count). The molecule has 0 bridgehead atoms. The largest absolute Gasteiger partial charge is 0.481 e. The number of nitrogens with one attached hydrogen (secondary N) is 1. The highest BCUT2D eigenvalue weighted by atomic mass is 16.5. The lowest BCUT2D eigenvalue weighted by Gasteiger charge is -2.23. The fraction of sp³-hybridized carbons (Fsp3) is 0.846. The van der Waals surface area contributed by atoms with Crippen LogP contribution in [0.3, 0.4) is 0 Å². The number of carboxylic acid groups (broad SMARTS) is 1. The van der Waals surface area contributed by atoms with Crippen molar-refractivity contribution in [3.8, 4) is 0 Å². The number of likely N-dealkylation sites (N-methyl/N-ethyl adjacent to an activating group) is 1. The molecule has 0 aromatic rings. The second kappa shape index (κ2) is 6.34. The molecule has 2 N–H and O–H groups in total. The predicted octanol–water partition coefficient (Wildman–Crippen LogP) is -0.0659. The number of amides is 1. The first-order valence-corrected chi connectivity index (χ1v) is 6.87. The summed E-state index contributed by atoms with van der Waals surface area (Å²) in [6.45, 7) is 2.51. The van der Waals surface area contributed by atoms with Crippen molar-refractivity contribution in [3.05, 3.63) is 0 Å². The Balaban J connectivity index is 1.83. The number of likely N-dealkylation sites (tertiary alicyclic amines) is 1. The molecule has 108 valence electrons. The van der Waals surface area contributed by atoms with Gasteiger partial charge in [0, 0.05) is 25.6 Å². The molecule has 1 amide bonds. The number of carboxylic acids is 1. The average Bonchev–Trinajstić information content (AvgIpc) is 3.04. The fourth-order valence-electron chi connectivity index (χ4n) is 2.91. The van der Waals surface area contributed by atoms with Crippen LogP contribution >= 0.6 is 0 Å². The van der Waals surface area contributed by atoms with Crippen LogP contribution in [0.15, 0.2) is 0 Å². The maximum atomic E-state index is 12.4. The molecule has 2 saturated heterocycles. The van der Waals surface area contributed by atoms with E-state index >= 15 is 0 Å². The summed E-state index contributed by atoms with van der Waals surface area (Å²) in [4.78, 5) is 24.8. The van der Waals surface area contributed by atoms with E-state index in [0.29, 0.717) is 32.1 Å². The van der Waals surface area contributed by atoms with Gasteiger partial charge in [-0.05, 0) is 25.8 Å². The van der Waals surface area contributed by atoms with E-state index in [-0.39, 0.29) is 24.3 Å². The Hall–Kier alpha value is -1.14. The minimum Gasteiger partial charge on any atom is -0.481 e. The van der Waals surface area contributed by atoms with Gasteiger partial charge in [-0.2, -0.15) is 0 Å². The van der Waals surface area contributed by atoms with E-state index in [1.165, 1.54) is 0 Å². The summed E-state index contributed by atoms with van der Waals surface area (Å²) in [6, 6.07) is 0.102. The number of rotatable bonds is 5. The normalized spacial score (nSPS) is 30.8. The van der Waals surface area contributed by atoms with E-state index in [1.807, 2.05) is 11.9 Å². The van der Waals surface area contributed by atoms with E-state index in [4.69, 9.17) is 9.84 Å². The van der Waals surface area contributed by atoms with Gasteiger partial charge in [0.15, 0.2) is 0 Å². The molecule has 0 aromatic heterocycles. The molecule has 6 heteroatoms. The second-order valence-corrected chi connectivity index (χ2v) is 5.41. The Morgan fingerprint density at radius 3 is 2.89 bits per heavy atom. The van der Waals surface area contributed by atoms with Crippen LogP contribution in [0.5, 0.6) is 0 Å². The van der Waals surface area contributed by atoms with Crippen molar-refractivity contribution in [2.24, 2.45) is 11.8 Å². The summed E-state index contributed by atoms with van der Waals surface area (Å²) in [5, 5.41) is 11.8. The van der Waals surface area contributed by atoms with E-state index in [1.54, 1.807) is 0 Å². The smallest absolute Gasteiger partial charge is 0.303 e. The maximum absolute atomic E-state index is 12.4. The molecule has 3 unspecified atom stereocenters. The van der Waals surface area contributed by atoms with Crippen molar-refractivity contribution in [2.75, 3.05) is 33.4 Å². The quantitative estimate of drug-likeness (QED) is 0.731. The first-order chi connectivity index (χ1) is 9.11. The van der Waals surface area contributed by atoms with Crippen LogP contribution in [-0.4, -0.2) is 61.3 Å². The molecule has 0 aliphatic carbocycles. The third-order valence-corrected chi connectivity index (χ3v) is 4.13. The number of nitrogens with zero attached hydrogens (tertiary/aromatic N) is 1. The van der Waals surface area contributed by atoms with Crippen molar-refractivity contribution in [3.63, 3.8) is 0 Å². The highest BCUT2D eigenvalue weighted by Gasteiger charge is 2.38. The Morgan fingerprint density at radius 1 is 1.42 bits per heavy atom. The van der Waals surface area contributed by atoms with Crippen LogP contribution in [-0.2, 0) is 14.3 Å². The van der Waals surface area contributed by atoms with Crippen molar-refractivity contribution < 1.29 is 19.4 Å². The third-order valence-electron chi connectivity index (χ3n) is 4.13. The lowest BCUT2D eigenvalue weighted by atomic mass is 10.0. The molecule has 3 atom stereocenters. The van der Waals surface area contributed by atoms with Gasteiger partial charge in [-0.3, -0.25) is 9.59 Å². The van der Waals surface area contributed by atoms with Gasteiger partial charge in [-0.25, -0.2) is 0 Å². The highest BCUT2D eigenvalue weighted by molar-refractivity contribution is 5.80. The lowest BCUT2D eigenvalue weighted by Crippen LogP contribution is -2.44. The van der Waals surface area contributed by atoms with Crippen LogP contribution in [0.25, 0.3) is 0 Å². The number of carbonyl (C=O) groups is 2. The summed E-state index contributed by atoms with van der Waals surface area (Å²) < 4.78 is 5.36. The van der Waals surface area contributed by atoms with Crippen molar-refractivity contribution in [1.29, 1.82) is 0 Å². The molecular formula is C13H22N2O4. The second-order valence-electron chi connectivity index (χ2n) is 5.41. The summed E-state index contributed by atoms with van der Waals surface area (Å²) in [5.74, 6) is -0.377. The molecule has 2 aliphatic heterocycles. The number of aliphatic carboxylic acids is 1. The van der Waals surface area contributed by atoms with Gasteiger partial charge in [-0.1, -0.05) is 0 Å². The molecule has 2 heterocycles. The summed E-state index contributed by atoms with van der Waals surface area (Å²) in [7, 11) is 1.85. The molecule has 2 aliphatic rings. The molecule has 0 radical (unpaired) electrons. The Labute approximate surface area is 113 Å². The van der Waals surface area contributed by atoms with Crippen LogP contribution in [0.1, 0.15) is 19.3 Å². The zero-order chi connectivity index (χ0) is 13.8. The van der Waals surface area contributed by atoms with Crippen LogP contribution in [0.2, 0.25) is 0 Å². The Kier molecular flexibility index (Phi) is 4.76. The van der Waals surface area contributed by atoms with E-state index in [0.717, 1.165) is 13.0 Å². The molecular weight excluding hydrogens is 248 g/mol. The lowest BCUT2D eigenvalue weighted by molar-refractivity contribution is -0.137. The topological polar surface area (TPSA) is 78.9 Å². The first kappa shape index (κ1) is 14.3. The van der Waals surface area contributed by atoms with Gasteiger partial charge >= 0.3 is 5.97 Å². The molecule has 0 aromatic carbocycles. The number of ether oxygens (including phenoxy) is 1. The standard InChI is InChI=1S/C13H22N2O4/c1-14-11-8-19-7-10(11)13(18)15-5-4-9(6-15)2-3-12(16)17/h9-11,14H,2-8H2,1H3,(H,16,17). The van der Waals surface area contributed by atoms with E-state index in [9.17, 15) is 9.59 Å². The predicted molar refractivity (Wildman–Crippen MR) is 68.7 cm³/mol. The zero-order valence-electron chi connectivity index (χ0n) is 11.3. The minimum absolute atomic E-state index is 0.0942. The van der Waals surface area contributed by atoms with Crippen molar-refractivity contribution in [1.82, 2.24) is 10.2 Å².